The molecule has 2 heterocycles. The quantitative estimate of drug-likeness (QED) is 0.435. The number of amidine groups is 1. The summed E-state index contributed by atoms with van der Waals surface area (Å²) in [6, 6.07) is 21.3. The second-order valence-electron chi connectivity index (χ2n) is 6.61. The van der Waals surface area contributed by atoms with Crippen LogP contribution in [-0.4, -0.2) is 16.2 Å². The van der Waals surface area contributed by atoms with Crippen molar-refractivity contribution in [3.63, 3.8) is 0 Å². The summed E-state index contributed by atoms with van der Waals surface area (Å²) in [6.07, 6.45) is 1.88. The van der Waals surface area contributed by atoms with Gasteiger partial charge in [-0.3, -0.25) is 4.79 Å². The lowest BCUT2D eigenvalue weighted by Crippen LogP contribution is -2.18. The average molecular weight is 415 g/mol. The molecule has 0 radical (unpaired) electrons. The van der Waals surface area contributed by atoms with E-state index in [2.05, 4.69) is 15.5 Å². The molecule has 1 fully saturated rings. The van der Waals surface area contributed by atoms with Crippen LogP contribution in [0.1, 0.15) is 5.56 Å². The highest BCUT2D eigenvalue weighted by Crippen LogP contribution is 2.32. The van der Waals surface area contributed by atoms with Crippen LogP contribution in [0.3, 0.4) is 0 Å². The SMILES string of the molecule is O=C1NC(=Nc2ccc(F)cc2)/C(=C/c2ccc3noc(-c4ccccc4)c3c2)S1. The van der Waals surface area contributed by atoms with Gasteiger partial charge in [0.1, 0.15) is 17.2 Å². The zero-order valence-corrected chi connectivity index (χ0v) is 16.3. The molecular formula is C23H14FN3O2S. The number of nitrogens with one attached hydrogen (secondary N) is 1. The zero-order valence-electron chi connectivity index (χ0n) is 15.5. The summed E-state index contributed by atoms with van der Waals surface area (Å²) >= 11 is 1.07. The fourth-order valence-corrected chi connectivity index (χ4v) is 3.89. The number of rotatable bonds is 3. The largest absolute Gasteiger partial charge is 0.355 e. The van der Waals surface area contributed by atoms with Crippen LogP contribution in [0.25, 0.3) is 28.3 Å². The summed E-state index contributed by atoms with van der Waals surface area (Å²) in [7, 11) is 0. The second kappa shape index (κ2) is 7.61. The third kappa shape index (κ3) is 3.62. The Morgan fingerprint density at radius 2 is 1.83 bits per heavy atom. The van der Waals surface area contributed by atoms with Crippen molar-refractivity contribution in [3.05, 3.63) is 89.1 Å². The molecule has 4 aromatic rings. The van der Waals surface area contributed by atoms with Crippen molar-refractivity contribution in [2.45, 2.75) is 0 Å². The molecule has 146 valence electrons. The molecule has 0 unspecified atom stereocenters. The highest BCUT2D eigenvalue weighted by molar-refractivity contribution is 8.18. The first-order valence-electron chi connectivity index (χ1n) is 9.16. The molecule has 1 saturated heterocycles. The minimum atomic E-state index is -0.337. The van der Waals surface area contributed by atoms with Gasteiger partial charge < -0.3 is 9.84 Å². The fourth-order valence-electron chi connectivity index (χ4n) is 3.16. The predicted molar refractivity (Wildman–Crippen MR) is 117 cm³/mol. The van der Waals surface area contributed by atoms with E-state index in [-0.39, 0.29) is 11.1 Å². The minimum Gasteiger partial charge on any atom is -0.355 e. The molecule has 30 heavy (non-hydrogen) atoms. The van der Waals surface area contributed by atoms with Crippen molar-refractivity contribution in [2.75, 3.05) is 0 Å². The van der Waals surface area contributed by atoms with Gasteiger partial charge in [-0.05, 0) is 59.8 Å². The molecule has 0 atom stereocenters. The van der Waals surface area contributed by atoms with Gasteiger partial charge >= 0.3 is 0 Å². The van der Waals surface area contributed by atoms with Gasteiger partial charge in [-0.1, -0.05) is 41.6 Å². The van der Waals surface area contributed by atoms with E-state index in [4.69, 9.17) is 4.52 Å². The van der Waals surface area contributed by atoms with Crippen molar-refractivity contribution < 1.29 is 13.7 Å². The van der Waals surface area contributed by atoms with Gasteiger partial charge in [-0.25, -0.2) is 9.38 Å². The highest BCUT2D eigenvalue weighted by Gasteiger charge is 2.23. The predicted octanol–water partition coefficient (Wildman–Crippen LogP) is 6.16. The Balaban J connectivity index is 1.54. The van der Waals surface area contributed by atoms with Crippen molar-refractivity contribution in [1.29, 1.82) is 0 Å². The lowest BCUT2D eigenvalue weighted by Gasteiger charge is -2.01. The van der Waals surface area contributed by atoms with E-state index in [1.54, 1.807) is 12.1 Å². The first-order valence-corrected chi connectivity index (χ1v) is 9.97. The summed E-state index contributed by atoms with van der Waals surface area (Å²) in [5.41, 5.74) is 3.13. The molecule has 1 aliphatic rings. The summed E-state index contributed by atoms with van der Waals surface area (Å²) < 4.78 is 18.7. The van der Waals surface area contributed by atoms with Gasteiger partial charge in [0.25, 0.3) is 5.24 Å². The molecule has 0 spiro atoms. The molecule has 1 aromatic heterocycles. The average Bonchev–Trinajstić information content (AvgIpc) is 3.33. The zero-order chi connectivity index (χ0) is 20.5. The lowest BCUT2D eigenvalue weighted by molar-refractivity contribution is 0.265. The van der Waals surface area contributed by atoms with Gasteiger partial charge in [0, 0.05) is 5.56 Å². The number of nitrogens with zero attached hydrogens (tertiary/aromatic N) is 2. The first kappa shape index (κ1) is 18.3. The number of hydrogen-bond donors (Lipinski definition) is 1. The highest BCUT2D eigenvalue weighted by atomic mass is 32.2. The summed E-state index contributed by atoms with van der Waals surface area (Å²) in [6.45, 7) is 0. The van der Waals surface area contributed by atoms with E-state index in [1.807, 2.05) is 54.6 Å². The Morgan fingerprint density at radius 3 is 2.63 bits per heavy atom. The number of carbonyl (C=O) groups excluding carboxylic acids is 1. The number of hydrogen-bond acceptors (Lipinski definition) is 5. The van der Waals surface area contributed by atoms with Crippen LogP contribution in [0.2, 0.25) is 0 Å². The lowest BCUT2D eigenvalue weighted by atomic mass is 10.1. The standard InChI is InChI=1S/C23H14FN3O2S/c24-16-7-9-17(10-8-16)25-22-20(30-23(28)26-22)13-14-6-11-19-18(12-14)21(29-27-19)15-4-2-1-3-5-15/h1-13H,(H,25,26,28)/b20-13-. The summed E-state index contributed by atoms with van der Waals surface area (Å²) in [5, 5.41) is 7.55. The topological polar surface area (TPSA) is 67.5 Å². The number of carbonyl (C=O) groups is 1. The van der Waals surface area contributed by atoms with Crippen LogP contribution < -0.4 is 5.32 Å². The number of fused-ring (bicyclic) bond motifs is 1. The van der Waals surface area contributed by atoms with E-state index in [1.165, 1.54) is 12.1 Å². The monoisotopic (exact) mass is 415 g/mol. The first-order chi connectivity index (χ1) is 14.7. The van der Waals surface area contributed by atoms with E-state index >= 15 is 0 Å². The third-order valence-corrected chi connectivity index (χ3v) is 5.38. The number of thioether (sulfide) groups is 1. The maximum Gasteiger partial charge on any atom is 0.289 e. The molecule has 1 amide bonds. The molecule has 0 bridgehead atoms. The third-order valence-electron chi connectivity index (χ3n) is 4.56. The molecule has 1 aliphatic heterocycles. The molecule has 3 aromatic carbocycles. The van der Waals surface area contributed by atoms with Gasteiger partial charge in [0.05, 0.1) is 16.0 Å². The Labute approximate surface area is 175 Å². The number of amides is 1. The van der Waals surface area contributed by atoms with E-state index < -0.39 is 0 Å². The molecule has 7 heteroatoms. The van der Waals surface area contributed by atoms with Crippen LogP contribution in [0.4, 0.5) is 14.9 Å². The number of benzene rings is 3. The van der Waals surface area contributed by atoms with Crippen molar-refractivity contribution in [3.8, 4) is 11.3 Å². The Morgan fingerprint density at radius 1 is 1.03 bits per heavy atom. The number of aliphatic imine (C=N–C) groups is 1. The van der Waals surface area contributed by atoms with Crippen molar-refractivity contribution >= 4 is 45.5 Å². The van der Waals surface area contributed by atoms with Gasteiger partial charge in [0.2, 0.25) is 0 Å². The van der Waals surface area contributed by atoms with Crippen molar-refractivity contribution in [1.82, 2.24) is 10.5 Å². The molecule has 0 aliphatic carbocycles. The fraction of sp³-hybridized carbons (Fsp3) is 0. The minimum absolute atomic E-state index is 0.210. The smallest absolute Gasteiger partial charge is 0.289 e. The van der Waals surface area contributed by atoms with Crippen LogP contribution in [0, 0.1) is 5.82 Å². The van der Waals surface area contributed by atoms with Crippen molar-refractivity contribution in [2.24, 2.45) is 4.99 Å². The Bertz CT molecular complexity index is 1310. The number of aromatic nitrogens is 1. The molecule has 5 rings (SSSR count). The van der Waals surface area contributed by atoms with E-state index in [9.17, 15) is 9.18 Å². The Hall–Kier alpha value is -3.71. The molecule has 1 N–H and O–H groups in total. The molecular weight excluding hydrogens is 401 g/mol. The molecule has 0 saturated carbocycles. The van der Waals surface area contributed by atoms with Crippen LogP contribution in [0.5, 0.6) is 0 Å². The van der Waals surface area contributed by atoms with E-state index in [0.717, 1.165) is 33.8 Å². The summed E-state index contributed by atoms with van der Waals surface area (Å²) in [5.74, 6) is 0.792. The maximum absolute atomic E-state index is 13.1. The van der Waals surface area contributed by atoms with Crippen LogP contribution >= 0.6 is 11.8 Å². The molecule has 5 nitrogen and oxygen atoms in total. The normalized spacial score (nSPS) is 16.5. The summed E-state index contributed by atoms with van der Waals surface area (Å²) in [4.78, 5) is 17.1. The van der Waals surface area contributed by atoms with Crippen LogP contribution in [-0.2, 0) is 0 Å². The number of halogens is 1. The van der Waals surface area contributed by atoms with Gasteiger partial charge in [-0.2, -0.15) is 0 Å². The van der Waals surface area contributed by atoms with E-state index in [0.29, 0.717) is 22.2 Å². The van der Waals surface area contributed by atoms with Gasteiger partial charge in [0.15, 0.2) is 5.76 Å². The second-order valence-corrected chi connectivity index (χ2v) is 7.63. The van der Waals surface area contributed by atoms with Gasteiger partial charge in [-0.15, -0.1) is 0 Å². The maximum atomic E-state index is 13.1. The van der Waals surface area contributed by atoms with Crippen LogP contribution in [0.15, 0.2) is 87.2 Å². The Kier molecular flexibility index (Phi) is 4.65.